The lowest BCUT2D eigenvalue weighted by molar-refractivity contribution is 0.0951. The van der Waals surface area contributed by atoms with E-state index in [4.69, 9.17) is 4.74 Å². The van der Waals surface area contributed by atoms with Gasteiger partial charge in [0.05, 0.1) is 18.9 Å². The van der Waals surface area contributed by atoms with Crippen molar-refractivity contribution >= 4 is 11.7 Å². The van der Waals surface area contributed by atoms with Crippen LogP contribution in [0.3, 0.4) is 0 Å². The Kier molecular flexibility index (Phi) is 5.34. The van der Waals surface area contributed by atoms with Crippen LogP contribution in [-0.4, -0.2) is 47.0 Å². The van der Waals surface area contributed by atoms with E-state index >= 15 is 0 Å². The molecule has 0 aliphatic carbocycles. The molecule has 1 fully saturated rings. The lowest BCUT2D eigenvalue weighted by Crippen LogP contribution is -2.36. The molecule has 0 unspecified atom stereocenters. The van der Waals surface area contributed by atoms with Crippen molar-refractivity contribution in [3.63, 3.8) is 0 Å². The molecule has 1 aromatic carbocycles. The molecule has 3 heterocycles. The lowest BCUT2D eigenvalue weighted by atomic mass is 10.2. The molecule has 144 valence electrons. The van der Waals surface area contributed by atoms with E-state index in [2.05, 4.69) is 20.3 Å². The Hall–Kier alpha value is -3.19. The summed E-state index contributed by atoms with van der Waals surface area (Å²) in [5.41, 5.74) is 3.62. The number of hydrogen-bond acceptors (Lipinski definition) is 5. The highest BCUT2D eigenvalue weighted by atomic mass is 16.5. The number of nitrogens with one attached hydrogen (secondary N) is 1. The van der Waals surface area contributed by atoms with E-state index in [1.54, 1.807) is 12.4 Å². The molecule has 2 aromatic heterocycles. The maximum absolute atomic E-state index is 12.5. The molecule has 0 atom stereocenters. The fraction of sp³-hybridized carbons (Fsp3) is 0.286. The molecule has 1 aliphatic heterocycles. The van der Waals surface area contributed by atoms with Crippen molar-refractivity contribution in [1.82, 2.24) is 20.1 Å². The molecule has 28 heavy (non-hydrogen) atoms. The summed E-state index contributed by atoms with van der Waals surface area (Å²) in [4.78, 5) is 19.1. The van der Waals surface area contributed by atoms with E-state index in [1.807, 2.05) is 54.1 Å². The fourth-order valence-electron chi connectivity index (χ4n) is 3.21. The van der Waals surface area contributed by atoms with E-state index in [0.29, 0.717) is 12.1 Å². The molecule has 1 N–H and O–H groups in total. The van der Waals surface area contributed by atoms with Gasteiger partial charge in [-0.3, -0.25) is 4.79 Å². The second kappa shape index (κ2) is 8.22. The molecule has 1 saturated heterocycles. The van der Waals surface area contributed by atoms with Gasteiger partial charge >= 0.3 is 0 Å². The molecular formula is C21H23N5O2. The number of aryl methyl sites for hydroxylation is 1. The number of morpholine rings is 1. The minimum Gasteiger partial charge on any atom is -0.378 e. The molecule has 4 rings (SSSR count). The Bertz CT molecular complexity index is 945. The summed E-state index contributed by atoms with van der Waals surface area (Å²) in [6.07, 6.45) is 3.54. The maximum atomic E-state index is 12.5. The van der Waals surface area contributed by atoms with Crippen LogP contribution in [0.5, 0.6) is 0 Å². The Morgan fingerprint density at radius 2 is 1.89 bits per heavy atom. The van der Waals surface area contributed by atoms with Crippen LogP contribution in [0.1, 0.15) is 21.6 Å². The summed E-state index contributed by atoms with van der Waals surface area (Å²) >= 11 is 0. The monoisotopic (exact) mass is 377 g/mol. The number of benzene rings is 1. The molecule has 7 nitrogen and oxygen atoms in total. The number of hydrogen-bond donors (Lipinski definition) is 1. The highest BCUT2D eigenvalue weighted by molar-refractivity contribution is 5.94. The molecule has 1 amide bonds. The largest absolute Gasteiger partial charge is 0.378 e. The fourth-order valence-corrected chi connectivity index (χ4v) is 3.21. The van der Waals surface area contributed by atoms with E-state index in [1.165, 1.54) is 0 Å². The SMILES string of the molecule is Cc1ccnn1-c1ccc(C(=O)NCc2ccnc(N3CCOCC3)c2)cc1. The summed E-state index contributed by atoms with van der Waals surface area (Å²) in [5, 5.41) is 7.26. The highest BCUT2D eigenvalue weighted by Crippen LogP contribution is 2.15. The predicted octanol–water partition coefficient (Wildman–Crippen LogP) is 2.34. The van der Waals surface area contributed by atoms with Crippen molar-refractivity contribution in [3.05, 3.63) is 71.7 Å². The minimum atomic E-state index is -0.103. The van der Waals surface area contributed by atoms with Crippen molar-refractivity contribution in [3.8, 4) is 5.69 Å². The first-order valence-corrected chi connectivity index (χ1v) is 9.37. The van der Waals surface area contributed by atoms with Crippen molar-refractivity contribution in [2.24, 2.45) is 0 Å². The Labute approximate surface area is 164 Å². The van der Waals surface area contributed by atoms with Gasteiger partial charge in [-0.2, -0.15) is 5.10 Å². The van der Waals surface area contributed by atoms with E-state index < -0.39 is 0 Å². The third-order valence-corrected chi connectivity index (χ3v) is 4.80. The summed E-state index contributed by atoms with van der Waals surface area (Å²) in [7, 11) is 0. The minimum absolute atomic E-state index is 0.103. The van der Waals surface area contributed by atoms with E-state index in [-0.39, 0.29) is 5.91 Å². The van der Waals surface area contributed by atoms with Crippen molar-refractivity contribution < 1.29 is 9.53 Å². The molecule has 0 spiro atoms. The van der Waals surface area contributed by atoms with Crippen LogP contribution in [0.2, 0.25) is 0 Å². The van der Waals surface area contributed by atoms with Crippen molar-refractivity contribution in [2.75, 3.05) is 31.2 Å². The van der Waals surface area contributed by atoms with Crippen LogP contribution in [0.4, 0.5) is 5.82 Å². The highest BCUT2D eigenvalue weighted by Gasteiger charge is 2.13. The van der Waals surface area contributed by atoms with Crippen molar-refractivity contribution in [1.29, 1.82) is 0 Å². The predicted molar refractivity (Wildman–Crippen MR) is 107 cm³/mol. The van der Waals surface area contributed by atoms with Gasteiger partial charge < -0.3 is 15.0 Å². The van der Waals surface area contributed by atoms with Gasteiger partial charge in [0.2, 0.25) is 0 Å². The average Bonchev–Trinajstić information content (AvgIpc) is 3.19. The van der Waals surface area contributed by atoms with Crippen LogP contribution in [0.15, 0.2) is 54.9 Å². The van der Waals surface area contributed by atoms with Gasteiger partial charge in [-0.15, -0.1) is 0 Å². The third-order valence-electron chi connectivity index (χ3n) is 4.80. The number of ether oxygens (including phenoxy) is 1. The van der Waals surface area contributed by atoms with Gasteiger partial charge in [-0.25, -0.2) is 9.67 Å². The van der Waals surface area contributed by atoms with E-state index in [9.17, 15) is 4.79 Å². The van der Waals surface area contributed by atoms with Crippen LogP contribution in [0, 0.1) is 6.92 Å². The topological polar surface area (TPSA) is 72.3 Å². The van der Waals surface area contributed by atoms with Gasteiger partial charge in [-0.05, 0) is 55.0 Å². The Balaban J connectivity index is 1.38. The first-order valence-electron chi connectivity index (χ1n) is 9.37. The number of rotatable bonds is 5. The number of pyridine rings is 1. The van der Waals surface area contributed by atoms with Gasteiger partial charge in [0.25, 0.3) is 5.91 Å². The van der Waals surface area contributed by atoms with Crippen LogP contribution < -0.4 is 10.2 Å². The van der Waals surface area contributed by atoms with Gasteiger partial charge in [-0.1, -0.05) is 0 Å². The second-order valence-electron chi connectivity index (χ2n) is 6.74. The molecular weight excluding hydrogens is 354 g/mol. The first-order chi connectivity index (χ1) is 13.7. The zero-order valence-corrected chi connectivity index (χ0v) is 15.8. The number of aromatic nitrogens is 3. The molecule has 3 aromatic rings. The third kappa shape index (κ3) is 4.04. The molecule has 1 aliphatic rings. The number of carbonyl (C=O) groups is 1. The quantitative estimate of drug-likeness (QED) is 0.739. The molecule has 7 heteroatoms. The summed E-state index contributed by atoms with van der Waals surface area (Å²) < 4.78 is 7.23. The van der Waals surface area contributed by atoms with Gasteiger partial charge in [0, 0.05) is 43.3 Å². The standard InChI is InChI=1S/C21H23N5O2/c1-16-6-9-24-26(16)19-4-2-18(3-5-19)21(27)23-15-17-7-8-22-20(14-17)25-10-12-28-13-11-25/h2-9,14H,10-13,15H2,1H3,(H,23,27). The second-order valence-corrected chi connectivity index (χ2v) is 6.74. The zero-order chi connectivity index (χ0) is 19.3. The summed E-state index contributed by atoms with van der Waals surface area (Å²) in [6.45, 7) is 5.56. The molecule has 0 radical (unpaired) electrons. The summed E-state index contributed by atoms with van der Waals surface area (Å²) in [5.74, 6) is 0.822. The van der Waals surface area contributed by atoms with Crippen LogP contribution in [-0.2, 0) is 11.3 Å². The smallest absolute Gasteiger partial charge is 0.251 e. The number of carbonyl (C=O) groups excluding carboxylic acids is 1. The number of amides is 1. The van der Waals surface area contributed by atoms with Gasteiger partial charge in [0.15, 0.2) is 0 Å². The molecule has 0 saturated carbocycles. The first kappa shape index (κ1) is 18.2. The van der Waals surface area contributed by atoms with Gasteiger partial charge in [0.1, 0.15) is 5.82 Å². The normalized spacial score (nSPS) is 14.1. The number of nitrogens with zero attached hydrogens (tertiary/aromatic N) is 4. The Morgan fingerprint density at radius 1 is 1.11 bits per heavy atom. The Morgan fingerprint density at radius 3 is 2.61 bits per heavy atom. The van der Waals surface area contributed by atoms with Crippen molar-refractivity contribution in [2.45, 2.75) is 13.5 Å². The van der Waals surface area contributed by atoms with Crippen LogP contribution in [0.25, 0.3) is 5.69 Å². The average molecular weight is 377 g/mol. The zero-order valence-electron chi connectivity index (χ0n) is 15.8. The molecule has 0 bridgehead atoms. The van der Waals surface area contributed by atoms with Crippen LogP contribution >= 0.6 is 0 Å². The number of anilines is 1. The van der Waals surface area contributed by atoms with E-state index in [0.717, 1.165) is 49.1 Å². The maximum Gasteiger partial charge on any atom is 0.251 e. The lowest BCUT2D eigenvalue weighted by Gasteiger charge is -2.28. The summed E-state index contributed by atoms with van der Waals surface area (Å²) in [6, 6.07) is 13.3.